The molecular formula is C12H9F2NO2. The number of carboxylic acid groups (broad SMARTS) is 1. The minimum absolute atomic E-state index is 0.00246. The van der Waals surface area contributed by atoms with Crippen molar-refractivity contribution in [1.82, 2.24) is 4.98 Å². The van der Waals surface area contributed by atoms with Crippen molar-refractivity contribution in [2.45, 2.75) is 6.92 Å². The molecule has 88 valence electrons. The lowest BCUT2D eigenvalue weighted by Crippen LogP contribution is -1.95. The van der Waals surface area contributed by atoms with Crippen LogP contribution in [0, 0.1) is 18.6 Å². The third kappa shape index (κ3) is 1.91. The Morgan fingerprint density at radius 3 is 2.35 bits per heavy atom. The first-order valence-electron chi connectivity index (χ1n) is 4.88. The molecule has 0 aliphatic carbocycles. The van der Waals surface area contributed by atoms with Crippen LogP contribution in [0.2, 0.25) is 0 Å². The van der Waals surface area contributed by atoms with Gasteiger partial charge in [0.05, 0.1) is 16.8 Å². The summed E-state index contributed by atoms with van der Waals surface area (Å²) in [5.41, 5.74) is 0.233. The van der Waals surface area contributed by atoms with Crippen LogP contribution in [0.25, 0.3) is 11.3 Å². The highest BCUT2D eigenvalue weighted by molar-refractivity contribution is 5.91. The van der Waals surface area contributed by atoms with Crippen molar-refractivity contribution in [3.63, 3.8) is 0 Å². The molecule has 17 heavy (non-hydrogen) atoms. The first-order valence-corrected chi connectivity index (χ1v) is 4.88. The minimum Gasteiger partial charge on any atom is -0.478 e. The molecule has 2 aromatic rings. The number of rotatable bonds is 2. The second-order valence-electron chi connectivity index (χ2n) is 3.62. The van der Waals surface area contributed by atoms with Gasteiger partial charge in [-0.05, 0) is 25.1 Å². The van der Waals surface area contributed by atoms with E-state index in [-0.39, 0.29) is 16.8 Å². The van der Waals surface area contributed by atoms with Gasteiger partial charge < -0.3 is 10.1 Å². The van der Waals surface area contributed by atoms with Gasteiger partial charge in [0.15, 0.2) is 0 Å². The number of aromatic carboxylic acids is 1. The van der Waals surface area contributed by atoms with Crippen LogP contribution < -0.4 is 0 Å². The quantitative estimate of drug-likeness (QED) is 0.843. The molecule has 2 rings (SSSR count). The van der Waals surface area contributed by atoms with E-state index in [4.69, 9.17) is 5.11 Å². The van der Waals surface area contributed by atoms with Gasteiger partial charge >= 0.3 is 5.97 Å². The Balaban J connectivity index is 2.62. The molecule has 0 spiro atoms. The van der Waals surface area contributed by atoms with E-state index in [1.54, 1.807) is 0 Å². The summed E-state index contributed by atoms with van der Waals surface area (Å²) in [6.07, 6.45) is 0. The average molecular weight is 237 g/mol. The van der Waals surface area contributed by atoms with E-state index in [0.717, 1.165) is 12.1 Å². The highest BCUT2D eigenvalue weighted by Crippen LogP contribution is 2.27. The number of hydrogen-bond acceptors (Lipinski definition) is 1. The second kappa shape index (κ2) is 4.01. The molecule has 5 heteroatoms. The smallest absolute Gasteiger partial charge is 0.337 e. The number of aromatic nitrogens is 1. The largest absolute Gasteiger partial charge is 0.478 e. The molecule has 0 saturated heterocycles. The predicted octanol–water partition coefficient (Wildman–Crippen LogP) is 2.97. The Morgan fingerprint density at radius 2 is 1.88 bits per heavy atom. The Bertz CT molecular complexity index is 570. The SMILES string of the molecule is Cc1[nH]c(-c2c(F)cccc2F)cc1C(=O)O. The van der Waals surface area contributed by atoms with Crippen molar-refractivity contribution >= 4 is 5.97 Å². The van der Waals surface area contributed by atoms with Crippen molar-refractivity contribution in [1.29, 1.82) is 0 Å². The number of benzene rings is 1. The van der Waals surface area contributed by atoms with Gasteiger partial charge in [-0.1, -0.05) is 6.07 Å². The highest BCUT2D eigenvalue weighted by Gasteiger charge is 2.17. The molecule has 0 radical (unpaired) electrons. The van der Waals surface area contributed by atoms with E-state index in [9.17, 15) is 13.6 Å². The Hall–Kier alpha value is -2.17. The molecular weight excluding hydrogens is 228 g/mol. The van der Waals surface area contributed by atoms with Gasteiger partial charge in [-0.15, -0.1) is 0 Å². The molecule has 0 aliphatic heterocycles. The van der Waals surface area contributed by atoms with E-state index < -0.39 is 17.6 Å². The lowest BCUT2D eigenvalue weighted by molar-refractivity contribution is 0.0696. The minimum atomic E-state index is -1.14. The van der Waals surface area contributed by atoms with Crippen LogP contribution in [0.3, 0.4) is 0 Å². The van der Waals surface area contributed by atoms with Crippen molar-refractivity contribution in [3.05, 3.63) is 47.2 Å². The Kier molecular flexibility index (Phi) is 2.67. The summed E-state index contributed by atoms with van der Waals surface area (Å²) < 4.78 is 26.9. The maximum atomic E-state index is 13.5. The standard InChI is InChI=1S/C12H9F2NO2/c1-6-7(12(16)17)5-10(15-6)11-8(13)3-2-4-9(11)14/h2-5,15H,1H3,(H,16,17). The van der Waals surface area contributed by atoms with Gasteiger partial charge in [-0.2, -0.15) is 0 Å². The average Bonchev–Trinajstić information content (AvgIpc) is 2.60. The number of hydrogen-bond donors (Lipinski definition) is 2. The molecule has 0 fully saturated rings. The van der Waals surface area contributed by atoms with E-state index in [1.165, 1.54) is 19.1 Å². The zero-order valence-electron chi connectivity index (χ0n) is 8.92. The third-order valence-electron chi connectivity index (χ3n) is 2.48. The van der Waals surface area contributed by atoms with Crippen LogP contribution in [0.15, 0.2) is 24.3 Å². The summed E-state index contributed by atoms with van der Waals surface area (Å²) in [7, 11) is 0. The molecule has 2 N–H and O–H groups in total. The summed E-state index contributed by atoms with van der Waals surface area (Å²) >= 11 is 0. The summed E-state index contributed by atoms with van der Waals surface area (Å²) in [5, 5.41) is 8.86. The van der Waals surface area contributed by atoms with Gasteiger partial charge in [0, 0.05) is 5.69 Å². The van der Waals surface area contributed by atoms with Crippen molar-refractivity contribution in [2.24, 2.45) is 0 Å². The fraction of sp³-hybridized carbons (Fsp3) is 0.0833. The summed E-state index contributed by atoms with van der Waals surface area (Å²) in [6, 6.07) is 4.71. The summed E-state index contributed by atoms with van der Waals surface area (Å²) in [5.74, 6) is -2.60. The van der Waals surface area contributed by atoms with Gasteiger partial charge in [0.1, 0.15) is 11.6 Å². The van der Waals surface area contributed by atoms with Crippen LogP contribution in [0.4, 0.5) is 8.78 Å². The van der Waals surface area contributed by atoms with Gasteiger partial charge in [-0.25, -0.2) is 13.6 Å². The fourth-order valence-electron chi connectivity index (χ4n) is 1.67. The number of aromatic amines is 1. The van der Waals surface area contributed by atoms with Crippen molar-refractivity contribution in [2.75, 3.05) is 0 Å². The van der Waals surface area contributed by atoms with Crippen LogP contribution >= 0.6 is 0 Å². The molecule has 0 unspecified atom stereocenters. The van der Waals surface area contributed by atoms with Crippen molar-refractivity contribution < 1.29 is 18.7 Å². The number of nitrogens with one attached hydrogen (secondary N) is 1. The number of aryl methyl sites for hydroxylation is 1. The van der Waals surface area contributed by atoms with Gasteiger partial charge in [0.25, 0.3) is 0 Å². The molecule has 1 aromatic carbocycles. The summed E-state index contributed by atoms with van der Waals surface area (Å²) in [4.78, 5) is 13.5. The number of carbonyl (C=O) groups is 1. The molecule has 0 amide bonds. The zero-order valence-corrected chi connectivity index (χ0v) is 8.92. The third-order valence-corrected chi connectivity index (χ3v) is 2.48. The Labute approximate surface area is 95.7 Å². The first kappa shape index (κ1) is 11.3. The lowest BCUT2D eigenvalue weighted by Gasteiger charge is -2.01. The first-order chi connectivity index (χ1) is 8.00. The monoisotopic (exact) mass is 237 g/mol. The Morgan fingerprint density at radius 1 is 1.29 bits per heavy atom. The van der Waals surface area contributed by atoms with Crippen LogP contribution in [0.1, 0.15) is 16.1 Å². The van der Waals surface area contributed by atoms with Crippen LogP contribution in [0.5, 0.6) is 0 Å². The summed E-state index contributed by atoms with van der Waals surface area (Å²) in [6.45, 7) is 1.53. The molecule has 0 atom stereocenters. The molecule has 1 heterocycles. The number of halogens is 2. The van der Waals surface area contributed by atoms with Gasteiger partial charge in [-0.3, -0.25) is 0 Å². The molecule has 0 bridgehead atoms. The molecule has 1 aromatic heterocycles. The van der Waals surface area contributed by atoms with Crippen LogP contribution in [-0.4, -0.2) is 16.1 Å². The normalized spacial score (nSPS) is 10.5. The fourth-order valence-corrected chi connectivity index (χ4v) is 1.67. The van der Waals surface area contributed by atoms with Crippen molar-refractivity contribution in [3.8, 4) is 11.3 Å². The second-order valence-corrected chi connectivity index (χ2v) is 3.62. The zero-order chi connectivity index (χ0) is 12.6. The topological polar surface area (TPSA) is 53.1 Å². The molecule has 0 saturated carbocycles. The predicted molar refractivity (Wildman–Crippen MR) is 57.8 cm³/mol. The van der Waals surface area contributed by atoms with Gasteiger partial charge in [0.2, 0.25) is 0 Å². The van der Waals surface area contributed by atoms with Crippen LogP contribution in [-0.2, 0) is 0 Å². The maximum Gasteiger partial charge on any atom is 0.337 e. The highest BCUT2D eigenvalue weighted by atomic mass is 19.1. The molecule has 3 nitrogen and oxygen atoms in total. The van der Waals surface area contributed by atoms with E-state index in [0.29, 0.717) is 5.69 Å². The van der Waals surface area contributed by atoms with E-state index >= 15 is 0 Å². The van der Waals surface area contributed by atoms with E-state index in [1.807, 2.05) is 0 Å². The number of carboxylic acids is 1. The number of H-pyrrole nitrogens is 1. The maximum absolute atomic E-state index is 13.5. The lowest BCUT2D eigenvalue weighted by atomic mass is 10.1. The van der Waals surface area contributed by atoms with E-state index in [2.05, 4.69) is 4.98 Å². The molecule has 0 aliphatic rings.